The minimum atomic E-state index is -0.800. The van der Waals surface area contributed by atoms with Crippen LogP contribution in [0.15, 0.2) is 113 Å². The summed E-state index contributed by atoms with van der Waals surface area (Å²) >= 11 is 1.20. The number of fused-ring (bicyclic) bond motifs is 1. The first-order valence-electron chi connectivity index (χ1n) is 15.4. The SMILES string of the molecule is CONC(=O)Nc1ccc(-c2sc3c(c2CN(C)[C@@H](C)c2ccccc2)c(=O)n(-c2ccccc2)c(=O)n3Cc2c(F)cccc2F)cc1. The van der Waals surface area contributed by atoms with E-state index >= 15 is 8.78 Å². The molecule has 4 aromatic carbocycles. The number of hydrogen-bond donors (Lipinski definition) is 2. The highest BCUT2D eigenvalue weighted by molar-refractivity contribution is 7.22. The molecule has 2 heterocycles. The number of para-hydroxylation sites is 1. The number of hydrogen-bond acceptors (Lipinski definition) is 6. The van der Waals surface area contributed by atoms with Crippen molar-refractivity contribution in [2.24, 2.45) is 0 Å². The number of urea groups is 1. The second-order valence-electron chi connectivity index (χ2n) is 11.5. The van der Waals surface area contributed by atoms with Crippen molar-refractivity contribution < 1.29 is 18.4 Å². The Morgan fingerprint density at radius 2 is 1.51 bits per heavy atom. The van der Waals surface area contributed by atoms with Crippen LogP contribution >= 0.6 is 11.3 Å². The van der Waals surface area contributed by atoms with Crippen LogP contribution in [0, 0.1) is 11.6 Å². The number of anilines is 1. The van der Waals surface area contributed by atoms with Crippen LogP contribution < -0.4 is 22.0 Å². The van der Waals surface area contributed by atoms with Crippen LogP contribution in [0.2, 0.25) is 0 Å². The summed E-state index contributed by atoms with van der Waals surface area (Å²) in [7, 11) is 3.28. The van der Waals surface area contributed by atoms with Crippen LogP contribution in [-0.2, 0) is 17.9 Å². The number of hydroxylamine groups is 1. The molecule has 0 aliphatic heterocycles. The number of nitrogens with zero attached hydrogens (tertiary/aromatic N) is 3. The predicted octanol–water partition coefficient (Wildman–Crippen LogP) is 7.08. The van der Waals surface area contributed by atoms with E-state index in [4.69, 9.17) is 0 Å². The molecule has 2 N–H and O–H groups in total. The molecule has 6 aromatic rings. The number of rotatable bonds is 10. The number of aromatic nitrogens is 2. The quantitative estimate of drug-likeness (QED) is 0.151. The van der Waals surface area contributed by atoms with E-state index in [0.29, 0.717) is 28.4 Å². The van der Waals surface area contributed by atoms with Gasteiger partial charge in [0, 0.05) is 28.7 Å². The van der Waals surface area contributed by atoms with Crippen molar-refractivity contribution in [2.75, 3.05) is 19.5 Å². The zero-order valence-electron chi connectivity index (χ0n) is 26.9. The van der Waals surface area contributed by atoms with Gasteiger partial charge in [0.15, 0.2) is 0 Å². The van der Waals surface area contributed by atoms with Crippen LogP contribution in [0.3, 0.4) is 0 Å². The Bertz CT molecular complexity index is 2220. The van der Waals surface area contributed by atoms with Gasteiger partial charge in [-0.2, -0.15) is 0 Å². The molecule has 250 valence electrons. The third kappa shape index (κ3) is 6.79. The molecule has 0 saturated carbocycles. The fraction of sp³-hybridized carbons (Fsp3) is 0.162. The molecular weight excluding hydrogens is 649 g/mol. The summed E-state index contributed by atoms with van der Waals surface area (Å²) in [5.74, 6) is -1.60. The Hall–Kier alpha value is -5.43. The van der Waals surface area contributed by atoms with Crippen molar-refractivity contribution in [3.8, 4) is 16.1 Å². The first-order valence-corrected chi connectivity index (χ1v) is 16.2. The normalized spacial score (nSPS) is 12.0. The Morgan fingerprint density at radius 1 is 0.878 bits per heavy atom. The van der Waals surface area contributed by atoms with E-state index in [2.05, 4.69) is 27.5 Å². The Morgan fingerprint density at radius 3 is 2.14 bits per heavy atom. The lowest BCUT2D eigenvalue weighted by atomic mass is 10.0. The molecule has 0 spiro atoms. The van der Waals surface area contributed by atoms with E-state index in [0.717, 1.165) is 27.8 Å². The third-order valence-electron chi connectivity index (χ3n) is 8.42. The topological polar surface area (TPSA) is 97.6 Å². The van der Waals surface area contributed by atoms with E-state index in [1.54, 1.807) is 54.6 Å². The van der Waals surface area contributed by atoms with Gasteiger partial charge < -0.3 is 5.32 Å². The van der Waals surface area contributed by atoms with E-state index in [9.17, 15) is 14.4 Å². The minimum Gasteiger partial charge on any atom is -0.306 e. The maximum atomic E-state index is 15.0. The molecule has 0 radical (unpaired) electrons. The van der Waals surface area contributed by atoms with Crippen molar-refractivity contribution in [1.82, 2.24) is 19.5 Å². The zero-order chi connectivity index (χ0) is 34.7. The van der Waals surface area contributed by atoms with Crippen LogP contribution in [0.4, 0.5) is 19.3 Å². The van der Waals surface area contributed by atoms with Crippen LogP contribution in [0.1, 0.15) is 29.7 Å². The van der Waals surface area contributed by atoms with Crippen LogP contribution in [-0.4, -0.2) is 34.2 Å². The van der Waals surface area contributed by atoms with E-state index in [1.807, 2.05) is 37.4 Å². The molecular formula is C37H33F2N5O4S. The molecule has 0 fully saturated rings. The summed E-state index contributed by atoms with van der Waals surface area (Å²) in [5.41, 5.74) is 3.92. The van der Waals surface area contributed by atoms with Crippen molar-refractivity contribution in [3.63, 3.8) is 0 Å². The van der Waals surface area contributed by atoms with Gasteiger partial charge in [-0.25, -0.2) is 28.4 Å². The number of halogens is 2. The second kappa shape index (κ2) is 14.4. The Labute approximate surface area is 284 Å². The van der Waals surface area contributed by atoms with E-state index < -0.39 is 35.5 Å². The van der Waals surface area contributed by atoms with Crippen molar-refractivity contribution >= 4 is 33.3 Å². The van der Waals surface area contributed by atoms with E-state index in [-0.39, 0.29) is 21.8 Å². The van der Waals surface area contributed by atoms with Crippen molar-refractivity contribution in [2.45, 2.75) is 26.1 Å². The van der Waals surface area contributed by atoms with Gasteiger partial charge in [-0.05, 0) is 67.1 Å². The summed E-state index contributed by atoms with van der Waals surface area (Å²) in [6, 6.07) is 28.4. The number of amides is 2. The second-order valence-corrected chi connectivity index (χ2v) is 12.5. The van der Waals surface area contributed by atoms with Crippen molar-refractivity contribution in [1.29, 1.82) is 0 Å². The van der Waals surface area contributed by atoms with Gasteiger partial charge in [-0.15, -0.1) is 11.3 Å². The largest absolute Gasteiger partial charge is 0.343 e. The molecule has 0 saturated heterocycles. The summed E-state index contributed by atoms with van der Waals surface area (Å²) in [4.78, 5) is 48.5. The molecule has 6 rings (SSSR count). The summed E-state index contributed by atoms with van der Waals surface area (Å²) in [6.45, 7) is 1.93. The molecule has 2 amide bonds. The predicted molar refractivity (Wildman–Crippen MR) is 188 cm³/mol. The molecule has 0 bridgehead atoms. The van der Waals surface area contributed by atoms with E-state index in [1.165, 1.54) is 29.1 Å². The van der Waals surface area contributed by atoms with Gasteiger partial charge in [0.25, 0.3) is 5.56 Å². The molecule has 9 nitrogen and oxygen atoms in total. The van der Waals surface area contributed by atoms with Gasteiger partial charge >= 0.3 is 11.7 Å². The molecule has 0 aliphatic carbocycles. The van der Waals surface area contributed by atoms with Gasteiger partial charge in [0.05, 0.1) is 24.7 Å². The number of nitrogens with one attached hydrogen (secondary N) is 2. The summed E-state index contributed by atoms with van der Waals surface area (Å²) in [5, 5.41) is 2.94. The molecule has 12 heteroatoms. The number of thiophene rings is 1. The van der Waals surface area contributed by atoms with Crippen LogP contribution in [0.25, 0.3) is 26.3 Å². The average Bonchev–Trinajstić information content (AvgIpc) is 3.47. The Balaban J connectivity index is 1.60. The lowest BCUT2D eigenvalue weighted by Crippen LogP contribution is -2.39. The monoisotopic (exact) mass is 681 g/mol. The summed E-state index contributed by atoms with van der Waals surface area (Å²) in [6.07, 6.45) is 0. The molecule has 0 aliphatic rings. The smallest absolute Gasteiger partial charge is 0.306 e. The average molecular weight is 682 g/mol. The first-order chi connectivity index (χ1) is 23.7. The number of carbonyl (C=O) groups is 1. The highest BCUT2D eigenvalue weighted by Gasteiger charge is 2.26. The minimum absolute atomic E-state index is 0.0513. The lowest BCUT2D eigenvalue weighted by Gasteiger charge is -2.25. The fourth-order valence-corrected chi connectivity index (χ4v) is 7.07. The zero-order valence-corrected chi connectivity index (χ0v) is 27.8. The molecule has 2 aromatic heterocycles. The lowest BCUT2D eigenvalue weighted by molar-refractivity contribution is 0.114. The highest BCUT2D eigenvalue weighted by Crippen LogP contribution is 2.39. The Kier molecular flexibility index (Phi) is 9.81. The summed E-state index contributed by atoms with van der Waals surface area (Å²) < 4.78 is 32.4. The molecule has 0 unspecified atom stereocenters. The highest BCUT2D eigenvalue weighted by atomic mass is 32.1. The standard InChI is InChI=1S/C37H33F2N5O4S/c1-23(24-11-6-4-7-12-24)42(2)21-29-32-34(45)44(27-13-8-5-9-14-27)37(47)43(22-28-30(38)15-10-16-31(28)39)35(32)49-33(29)25-17-19-26(20-18-25)40-36(46)41-48-3/h4-20,23H,21-22H2,1-3H3,(H2,40,41,46)/t23-/m0/s1. The van der Waals surface area contributed by atoms with Gasteiger partial charge in [-0.3, -0.25) is 19.1 Å². The van der Waals surface area contributed by atoms with Crippen LogP contribution in [0.5, 0.6) is 0 Å². The van der Waals surface area contributed by atoms with Gasteiger partial charge in [0.2, 0.25) is 0 Å². The van der Waals surface area contributed by atoms with Gasteiger partial charge in [-0.1, -0.05) is 66.7 Å². The first kappa shape index (κ1) is 33.5. The fourth-order valence-electron chi connectivity index (χ4n) is 5.77. The number of benzene rings is 4. The maximum Gasteiger partial charge on any atom is 0.343 e. The molecule has 49 heavy (non-hydrogen) atoms. The third-order valence-corrected chi connectivity index (χ3v) is 9.72. The van der Waals surface area contributed by atoms with Crippen molar-refractivity contribution in [3.05, 3.63) is 152 Å². The maximum absolute atomic E-state index is 15.0. The molecule has 1 atom stereocenters. The van der Waals surface area contributed by atoms with Gasteiger partial charge in [0.1, 0.15) is 16.5 Å². The number of carbonyl (C=O) groups excluding carboxylic acids is 1.